The fraction of sp³-hybridized carbons (Fsp3) is 0.355. The molecule has 10 heteroatoms. The molecule has 0 heterocycles. The van der Waals surface area contributed by atoms with Gasteiger partial charge in [-0.25, -0.2) is 8.42 Å². The molecule has 1 N–H and O–H groups in total. The second-order valence-corrected chi connectivity index (χ2v) is 12.4. The summed E-state index contributed by atoms with van der Waals surface area (Å²) in [6.45, 7) is 8.63. The third-order valence-electron chi connectivity index (χ3n) is 6.97. The maximum Gasteiger partial charge on any atom is 0.264 e. The Kier molecular flexibility index (Phi) is 10.8. The van der Waals surface area contributed by atoms with E-state index < -0.39 is 28.5 Å². The summed E-state index contributed by atoms with van der Waals surface area (Å²) in [6.07, 6.45) is 0.723. The summed E-state index contributed by atoms with van der Waals surface area (Å²) in [5, 5.41) is 3.38. The minimum absolute atomic E-state index is 0.0483. The number of hydrogen-bond donors (Lipinski definition) is 1. The van der Waals surface area contributed by atoms with Gasteiger partial charge in [-0.15, -0.1) is 0 Å². The summed E-state index contributed by atoms with van der Waals surface area (Å²) in [5.74, 6) is -0.261. The lowest BCUT2D eigenvalue weighted by atomic mass is 10.1. The molecule has 8 nitrogen and oxygen atoms in total. The van der Waals surface area contributed by atoms with E-state index in [-0.39, 0.29) is 23.4 Å². The van der Waals surface area contributed by atoms with Gasteiger partial charge < -0.3 is 15.0 Å². The van der Waals surface area contributed by atoms with E-state index >= 15 is 0 Å². The minimum Gasteiger partial charge on any atom is -0.497 e. The number of carbonyl (C=O) groups excluding carboxylic acids is 2. The molecular weight excluding hydrogens is 562 g/mol. The second kappa shape index (κ2) is 13.9. The number of rotatable bonds is 12. The van der Waals surface area contributed by atoms with E-state index in [0.717, 1.165) is 21.9 Å². The van der Waals surface area contributed by atoms with Crippen LogP contribution in [0.15, 0.2) is 71.6 Å². The van der Waals surface area contributed by atoms with E-state index in [4.69, 9.17) is 16.3 Å². The van der Waals surface area contributed by atoms with Gasteiger partial charge in [0.2, 0.25) is 11.8 Å². The Morgan fingerprint density at radius 1 is 1.00 bits per heavy atom. The van der Waals surface area contributed by atoms with Gasteiger partial charge in [0.1, 0.15) is 18.3 Å². The monoisotopic (exact) mass is 599 g/mol. The number of carbonyl (C=O) groups is 2. The van der Waals surface area contributed by atoms with Crippen LogP contribution in [0.2, 0.25) is 5.02 Å². The largest absolute Gasteiger partial charge is 0.497 e. The van der Waals surface area contributed by atoms with Crippen LogP contribution < -0.4 is 14.4 Å². The molecule has 3 rings (SSSR count). The second-order valence-electron chi connectivity index (χ2n) is 10.1. The SMILES string of the molecule is CC[C@H](C)NC(=O)[C@@H](C)N(Cc1cccc(OC)c1)C(=O)CN(c1ccc(Cl)cc1C)S(=O)(=O)c1ccc(C)cc1. The number of aryl methyl sites for hydroxylation is 2. The van der Waals surface area contributed by atoms with Crippen LogP contribution in [0.3, 0.4) is 0 Å². The van der Waals surface area contributed by atoms with Crippen LogP contribution >= 0.6 is 11.6 Å². The quantitative estimate of drug-likeness (QED) is 0.297. The highest BCUT2D eigenvalue weighted by atomic mass is 35.5. The minimum atomic E-state index is -4.17. The molecule has 0 aliphatic heterocycles. The maximum atomic E-state index is 14.1. The number of nitrogens with one attached hydrogen (secondary N) is 1. The molecule has 0 aliphatic rings. The lowest BCUT2D eigenvalue weighted by Gasteiger charge is -2.33. The highest BCUT2D eigenvalue weighted by Crippen LogP contribution is 2.29. The summed E-state index contributed by atoms with van der Waals surface area (Å²) < 4.78 is 34.4. The summed E-state index contributed by atoms with van der Waals surface area (Å²) in [7, 11) is -2.62. The van der Waals surface area contributed by atoms with E-state index in [1.165, 1.54) is 17.0 Å². The van der Waals surface area contributed by atoms with Crippen molar-refractivity contribution in [3.8, 4) is 5.75 Å². The van der Waals surface area contributed by atoms with Crippen molar-refractivity contribution in [1.82, 2.24) is 10.2 Å². The van der Waals surface area contributed by atoms with Gasteiger partial charge >= 0.3 is 0 Å². The Morgan fingerprint density at radius 3 is 2.29 bits per heavy atom. The number of anilines is 1. The van der Waals surface area contributed by atoms with Crippen LogP contribution in [0.4, 0.5) is 5.69 Å². The lowest BCUT2D eigenvalue weighted by Crippen LogP contribution is -2.52. The molecular formula is C31H38ClN3O5S. The average Bonchev–Trinajstić information content (AvgIpc) is 2.94. The fourth-order valence-electron chi connectivity index (χ4n) is 4.27. The summed E-state index contributed by atoms with van der Waals surface area (Å²) in [5.41, 5.74) is 2.54. The van der Waals surface area contributed by atoms with Gasteiger partial charge in [-0.1, -0.05) is 48.4 Å². The normalized spacial score (nSPS) is 12.8. The first kappa shape index (κ1) is 32.0. The molecule has 2 atom stereocenters. The topological polar surface area (TPSA) is 96.0 Å². The van der Waals surface area contributed by atoms with Crippen molar-refractivity contribution in [1.29, 1.82) is 0 Å². The molecule has 3 aromatic carbocycles. The molecule has 41 heavy (non-hydrogen) atoms. The molecule has 0 fully saturated rings. The van der Waals surface area contributed by atoms with Crippen LogP contribution in [0.5, 0.6) is 5.75 Å². The van der Waals surface area contributed by atoms with Crippen molar-refractivity contribution < 1.29 is 22.7 Å². The first-order valence-corrected chi connectivity index (χ1v) is 15.3. The van der Waals surface area contributed by atoms with Crippen LogP contribution in [-0.2, 0) is 26.2 Å². The van der Waals surface area contributed by atoms with E-state index in [9.17, 15) is 18.0 Å². The summed E-state index contributed by atoms with van der Waals surface area (Å²) in [6, 6.07) is 17.5. The molecule has 2 amide bonds. The van der Waals surface area contributed by atoms with Gasteiger partial charge in [-0.05, 0) is 87.7 Å². The molecule has 0 aliphatic carbocycles. The van der Waals surface area contributed by atoms with E-state index in [1.54, 1.807) is 69.5 Å². The third-order valence-corrected chi connectivity index (χ3v) is 8.98. The molecule has 0 saturated carbocycles. The Bertz CT molecular complexity index is 1480. The zero-order chi connectivity index (χ0) is 30.3. The molecule has 0 saturated heterocycles. The van der Waals surface area contributed by atoms with E-state index in [2.05, 4.69) is 5.32 Å². The van der Waals surface area contributed by atoms with Crippen molar-refractivity contribution in [2.45, 2.75) is 64.6 Å². The standard InChI is InChI=1S/C31H38ClN3O5S/c1-7-23(4)33-31(37)24(5)34(19-25-9-8-10-27(18-25)40-6)30(36)20-35(29-16-13-26(32)17-22(29)3)41(38,39)28-14-11-21(2)12-15-28/h8-18,23-24H,7,19-20H2,1-6H3,(H,33,37)/t23-,24+/m0/s1. The molecule has 3 aromatic rings. The molecule has 0 bridgehead atoms. The lowest BCUT2D eigenvalue weighted by molar-refractivity contribution is -0.139. The zero-order valence-electron chi connectivity index (χ0n) is 24.3. The summed E-state index contributed by atoms with van der Waals surface area (Å²) in [4.78, 5) is 28.7. The number of halogens is 1. The Morgan fingerprint density at radius 2 is 1.68 bits per heavy atom. The third kappa shape index (κ3) is 8.01. The van der Waals surface area contributed by atoms with Gasteiger partial charge in [0.25, 0.3) is 10.0 Å². The highest BCUT2D eigenvalue weighted by molar-refractivity contribution is 7.92. The Labute approximate surface area is 248 Å². The Balaban J connectivity index is 2.07. The van der Waals surface area contributed by atoms with Crippen molar-refractivity contribution in [2.75, 3.05) is 18.0 Å². The molecule has 0 aromatic heterocycles. The summed E-state index contributed by atoms with van der Waals surface area (Å²) >= 11 is 6.17. The van der Waals surface area contributed by atoms with Crippen molar-refractivity contribution in [2.24, 2.45) is 0 Å². The number of sulfonamides is 1. The number of benzene rings is 3. The molecule has 0 radical (unpaired) electrons. The molecule has 0 spiro atoms. The predicted octanol–water partition coefficient (Wildman–Crippen LogP) is 5.49. The number of hydrogen-bond acceptors (Lipinski definition) is 5. The van der Waals surface area contributed by atoms with Gasteiger partial charge in [0.15, 0.2) is 0 Å². The van der Waals surface area contributed by atoms with E-state index in [1.807, 2.05) is 26.8 Å². The number of amides is 2. The Hall–Kier alpha value is -3.56. The number of ether oxygens (including phenoxy) is 1. The highest BCUT2D eigenvalue weighted by Gasteiger charge is 2.33. The number of nitrogens with zero attached hydrogens (tertiary/aromatic N) is 2. The molecule has 0 unspecified atom stereocenters. The van der Waals surface area contributed by atoms with Crippen LogP contribution in [0, 0.1) is 13.8 Å². The molecule has 220 valence electrons. The van der Waals surface area contributed by atoms with Crippen LogP contribution in [0.1, 0.15) is 43.9 Å². The zero-order valence-corrected chi connectivity index (χ0v) is 25.9. The van der Waals surface area contributed by atoms with Crippen LogP contribution in [0.25, 0.3) is 0 Å². The first-order valence-electron chi connectivity index (χ1n) is 13.5. The van der Waals surface area contributed by atoms with Gasteiger partial charge in [0, 0.05) is 17.6 Å². The van der Waals surface area contributed by atoms with E-state index in [0.29, 0.717) is 22.0 Å². The number of methoxy groups -OCH3 is 1. The van der Waals surface area contributed by atoms with Gasteiger partial charge in [0.05, 0.1) is 17.7 Å². The van der Waals surface area contributed by atoms with Gasteiger partial charge in [-0.3, -0.25) is 13.9 Å². The van der Waals surface area contributed by atoms with Crippen molar-refractivity contribution in [3.05, 3.63) is 88.4 Å². The van der Waals surface area contributed by atoms with Crippen molar-refractivity contribution in [3.63, 3.8) is 0 Å². The van der Waals surface area contributed by atoms with Crippen molar-refractivity contribution >= 4 is 39.1 Å². The fourth-order valence-corrected chi connectivity index (χ4v) is 5.97. The maximum absolute atomic E-state index is 14.1. The first-order chi connectivity index (χ1) is 19.4. The smallest absolute Gasteiger partial charge is 0.264 e. The van der Waals surface area contributed by atoms with Crippen LogP contribution in [-0.4, -0.2) is 50.9 Å². The van der Waals surface area contributed by atoms with Gasteiger partial charge in [-0.2, -0.15) is 0 Å². The predicted molar refractivity (Wildman–Crippen MR) is 163 cm³/mol. The average molecular weight is 600 g/mol.